The van der Waals surface area contributed by atoms with Crippen molar-refractivity contribution in [2.24, 2.45) is 0 Å². The monoisotopic (exact) mass is 276 g/mol. The third-order valence-electron chi connectivity index (χ3n) is 2.69. The summed E-state index contributed by atoms with van der Waals surface area (Å²) in [5.41, 5.74) is 0.496. The second-order valence-corrected chi connectivity index (χ2v) is 4.48. The second-order valence-electron chi connectivity index (χ2n) is 4.48. The lowest BCUT2D eigenvalue weighted by atomic mass is 10.1. The van der Waals surface area contributed by atoms with Crippen LogP contribution in [0.15, 0.2) is 24.3 Å². The number of hydrogen-bond donors (Lipinski definition) is 2. The number of pyridine rings is 1. The Labute approximate surface area is 118 Å². The van der Waals surface area contributed by atoms with Gasteiger partial charge in [0.1, 0.15) is 5.82 Å². The number of anilines is 1. The maximum Gasteiger partial charge on any atom is 0.328 e. The predicted octanol–water partition coefficient (Wildman–Crippen LogP) is 3.09. The predicted molar refractivity (Wildman–Crippen MR) is 78.3 cm³/mol. The Kier molecular flexibility index (Phi) is 7.03. The number of nitrogens with one attached hydrogen (secondary N) is 1. The third kappa shape index (κ3) is 6.68. The Bertz CT molecular complexity index is 484. The molecule has 0 aliphatic heterocycles. The number of rotatable bonds is 8. The van der Waals surface area contributed by atoms with Crippen molar-refractivity contribution in [1.82, 2.24) is 4.98 Å². The number of nitrogens with zero attached hydrogens (tertiary/aromatic N) is 1. The van der Waals surface area contributed by atoms with Gasteiger partial charge < -0.3 is 10.4 Å². The molecule has 0 aliphatic rings. The number of aliphatic carboxylic acids is 1. The van der Waals surface area contributed by atoms with E-state index in [-0.39, 0.29) is 5.91 Å². The van der Waals surface area contributed by atoms with Gasteiger partial charge in [0, 0.05) is 12.5 Å². The van der Waals surface area contributed by atoms with Gasteiger partial charge in [-0.2, -0.15) is 0 Å². The highest BCUT2D eigenvalue weighted by molar-refractivity contribution is 5.90. The Morgan fingerprint density at radius 1 is 1.30 bits per heavy atom. The van der Waals surface area contributed by atoms with Crippen molar-refractivity contribution >= 4 is 23.8 Å². The van der Waals surface area contributed by atoms with E-state index in [1.54, 1.807) is 18.2 Å². The summed E-state index contributed by atoms with van der Waals surface area (Å²) in [6.45, 7) is 2.13. The third-order valence-corrected chi connectivity index (χ3v) is 2.69. The molecule has 0 saturated heterocycles. The second kappa shape index (κ2) is 8.85. The molecule has 0 spiro atoms. The van der Waals surface area contributed by atoms with E-state index in [0.717, 1.165) is 31.8 Å². The van der Waals surface area contributed by atoms with Crippen LogP contribution >= 0.6 is 0 Å². The average Bonchev–Trinajstić information content (AvgIpc) is 2.42. The van der Waals surface area contributed by atoms with Gasteiger partial charge in [-0.3, -0.25) is 4.79 Å². The summed E-state index contributed by atoms with van der Waals surface area (Å²) in [4.78, 5) is 26.3. The molecule has 0 atom stereocenters. The van der Waals surface area contributed by atoms with Gasteiger partial charge >= 0.3 is 5.97 Å². The lowest BCUT2D eigenvalue weighted by Gasteiger charge is -2.05. The highest BCUT2D eigenvalue weighted by atomic mass is 16.4. The molecule has 0 aromatic carbocycles. The van der Waals surface area contributed by atoms with Gasteiger partial charge in [0.25, 0.3) is 0 Å². The Balaban J connectivity index is 2.49. The number of amides is 1. The van der Waals surface area contributed by atoms with Gasteiger partial charge in [-0.25, -0.2) is 9.78 Å². The molecule has 2 N–H and O–H groups in total. The molecule has 0 unspecified atom stereocenters. The SMILES string of the molecule is CCCCCCC(=O)Nc1cccc(/C=C/C(=O)O)n1. The van der Waals surface area contributed by atoms with E-state index < -0.39 is 5.97 Å². The number of aromatic nitrogens is 1. The molecular weight excluding hydrogens is 256 g/mol. The van der Waals surface area contributed by atoms with Gasteiger partial charge in [0.05, 0.1) is 5.69 Å². The summed E-state index contributed by atoms with van der Waals surface area (Å²) in [6.07, 6.45) is 7.09. The first-order chi connectivity index (χ1) is 9.61. The summed E-state index contributed by atoms with van der Waals surface area (Å²) < 4.78 is 0. The zero-order chi connectivity index (χ0) is 14.8. The number of carboxylic acid groups (broad SMARTS) is 1. The Hall–Kier alpha value is -2.17. The number of unbranched alkanes of at least 4 members (excludes halogenated alkanes) is 3. The van der Waals surface area contributed by atoms with Crippen LogP contribution in [0, 0.1) is 0 Å². The fourth-order valence-electron chi connectivity index (χ4n) is 1.69. The molecule has 1 amide bonds. The molecule has 1 aromatic rings. The van der Waals surface area contributed by atoms with Crippen molar-refractivity contribution < 1.29 is 14.7 Å². The Morgan fingerprint density at radius 2 is 2.10 bits per heavy atom. The molecule has 5 nitrogen and oxygen atoms in total. The van der Waals surface area contributed by atoms with Gasteiger partial charge in [0.2, 0.25) is 5.91 Å². The van der Waals surface area contributed by atoms with Crippen molar-refractivity contribution in [3.63, 3.8) is 0 Å². The fourth-order valence-corrected chi connectivity index (χ4v) is 1.69. The zero-order valence-corrected chi connectivity index (χ0v) is 11.6. The fraction of sp³-hybridized carbons (Fsp3) is 0.400. The van der Waals surface area contributed by atoms with E-state index in [4.69, 9.17) is 5.11 Å². The summed E-state index contributed by atoms with van der Waals surface area (Å²) in [6, 6.07) is 5.08. The molecule has 20 heavy (non-hydrogen) atoms. The molecule has 0 bridgehead atoms. The van der Waals surface area contributed by atoms with Gasteiger partial charge in [-0.1, -0.05) is 32.3 Å². The molecule has 1 aromatic heterocycles. The summed E-state index contributed by atoms with van der Waals surface area (Å²) in [5.74, 6) is -0.650. The molecule has 0 aliphatic carbocycles. The van der Waals surface area contributed by atoms with Crippen molar-refractivity contribution in [1.29, 1.82) is 0 Å². The van der Waals surface area contributed by atoms with Crippen LogP contribution in [-0.4, -0.2) is 22.0 Å². The number of carbonyl (C=O) groups excluding carboxylic acids is 1. The highest BCUT2D eigenvalue weighted by Crippen LogP contribution is 2.08. The molecular formula is C15H20N2O3. The number of carboxylic acids is 1. The first kappa shape index (κ1) is 15.9. The molecule has 5 heteroatoms. The normalized spacial score (nSPS) is 10.7. The minimum absolute atomic E-state index is 0.0621. The maximum absolute atomic E-state index is 11.7. The van der Waals surface area contributed by atoms with Crippen LogP contribution in [-0.2, 0) is 9.59 Å². The largest absolute Gasteiger partial charge is 0.478 e. The topological polar surface area (TPSA) is 79.3 Å². The zero-order valence-electron chi connectivity index (χ0n) is 11.6. The quantitative estimate of drug-likeness (QED) is 0.565. The van der Waals surface area contributed by atoms with Crippen LogP contribution in [0.4, 0.5) is 5.82 Å². The number of carbonyl (C=O) groups is 2. The Morgan fingerprint density at radius 3 is 2.80 bits per heavy atom. The van der Waals surface area contributed by atoms with Crippen LogP contribution in [0.1, 0.15) is 44.7 Å². The first-order valence-electron chi connectivity index (χ1n) is 6.79. The van der Waals surface area contributed by atoms with E-state index in [1.807, 2.05) is 0 Å². The number of hydrogen-bond acceptors (Lipinski definition) is 3. The van der Waals surface area contributed by atoms with Crippen molar-refractivity contribution in [3.05, 3.63) is 30.0 Å². The van der Waals surface area contributed by atoms with Gasteiger partial charge in [0.15, 0.2) is 0 Å². The molecule has 0 radical (unpaired) electrons. The van der Waals surface area contributed by atoms with Gasteiger partial charge in [-0.05, 0) is 24.6 Å². The van der Waals surface area contributed by atoms with Crippen molar-refractivity contribution in [2.75, 3.05) is 5.32 Å². The van der Waals surface area contributed by atoms with Crippen LogP contribution in [0.5, 0.6) is 0 Å². The first-order valence-corrected chi connectivity index (χ1v) is 6.79. The lowest BCUT2D eigenvalue weighted by molar-refractivity contribution is -0.131. The summed E-state index contributed by atoms with van der Waals surface area (Å²) in [5, 5.41) is 11.3. The molecule has 1 heterocycles. The van der Waals surface area contributed by atoms with Crippen LogP contribution < -0.4 is 5.32 Å². The molecule has 108 valence electrons. The molecule has 1 rings (SSSR count). The standard InChI is InChI=1S/C15H20N2O3/c1-2-3-4-5-9-14(18)17-13-8-6-7-12(16-13)10-11-15(19)20/h6-8,10-11H,2-5,9H2,1H3,(H,19,20)(H,16,17,18)/b11-10+. The van der Waals surface area contributed by atoms with E-state index >= 15 is 0 Å². The minimum Gasteiger partial charge on any atom is -0.478 e. The smallest absolute Gasteiger partial charge is 0.328 e. The van der Waals surface area contributed by atoms with E-state index in [0.29, 0.717) is 17.9 Å². The summed E-state index contributed by atoms with van der Waals surface area (Å²) >= 11 is 0. The summed E-state index contributed by atoms with van der Waals surface area (Å²) in [7, 11) is 0. The maximum atomic E-state index is 11.7. The van der Waals surface area contributed by atoms with Crippen molar-refractivity contribution in [2.45, 2.75) is 39.0 Å². The van der Waals surface area contributed by atoms with E-state index in [9.17, 15) is 9.59 Å². The van der Waals surface area contributed by atoms with Crippen LogP contribution in [0.2, 0.25) is 0 Å². The average molecular weight is 276 g/mol. The van der Waals surface area contributed by atoms with E-state index in [2.05, 4.69) is 17.2 Å². The lowest BCUT2D eigenvalue weighted by Crippen LogP contribution is -2.12. The van der Waals surface area contributed by atoms with Crippen LogP contribution in [0.3, 0.4) is 0 Å². The highest BCUT2D eigenvalue weighted by Gasteiger charge is 2.03. The minimum atomic E-state index is -1.03. The van der Waals surface area contributed by atoms with Crippen molar-refractivity contribution in [3.8, 4) is 0 Å². The van der Waals surface area contributed by atoms with Crippen LogP contribution in [0.25, 0.3) is 6.08 Å². The van der Waals surface area contributed by atoms with E-state index in [1.165, 1.54) is 6.08 Å². The van der Waals surface area contributed by atoms with Gasteiger partial charge in [-0.15, -0.1) is 0 Å². The molecule has 0 saturated carbocycles. The molecule has 0 fully saturated rings.